The third-order valence-electron chi connectivity index (χ3n) is 4.31. The molecule has 2 aliphatic rings. The van der Waals surface area contributed by atoms with Crippen LogP contribution < -0.4 is 4.90 Å². The molecule has 20 heavy (non-hydrogen) atoms. The second-order valence-corrected chi connectivity index (χ2v) is 5.72. The molecule has 0 unspecified atom stereocenters. The Morgan fingerprint density at radius 1 is 1.25 bits per heavy atom. The van der Waals surface area contributed by atoms with E-state index in [1.165, 1.54) is 0 Å². The van der Waals surface area contributed by atoms with E-state index in [1.807, 2.05) is 35.2 Å². The van der Waals surface area contributed by atoms with Crippen LogP contribution in [-0.2, 0) is 9.59 Å². The van der Waals surface area contributed by atoms with Gasteiger partial charge in [0, 0.05) is 37.2 Å². The number of carbonyl (C=O) groups excluding carboxylic acids is 2. The lowest BCUT2D eigenvalue weighted by Crippen LogP contribution is -2.35. The summed E-state index contributed by atoms with van der Waals surface area (Å²) in [5.74, 6) is -0.123. The van der Waals surface area contributed by atoms with Gasteiger partial charge in [-0.3, -0.25) is 9.59 Å². The van der Waals surface area contributed by atoms with Crippen LogP contribution in [0.15, 0.2) is 30.3 Å². The summed E-state index contributed by atoms with van der Waals surface area (Å²) in [7, 11) is 0. The van der Waals surface area contributed by atoms with Gasteiger partial charge in [-0.15, -0.1) is 0 Å². The number of aliphatic hydroxyl groups is 1. The number of amides is 2. The van der Waals surface area contributed by atoms with Crippen LogP contribution in [0.2, 0.25) is 0 Å². The molecular weight excluding hydrogens is 256 g/mol. The van der Waals surface area contributed by atoms with Crippen molar-refractivity contribution in [1.82, 2.24) is 4.90 Å². The van der Waals surface area contributed by atoms with Gasteiger partial charge in [0.1, 0.15) is 6.61 Å². The van der Waals surface area contributed by atoms with Crippen molar-refractivity contribution >= 4 is 17.5 Å². The maximum atomic E-state index is 12.3. The third kappa shape index (κ3) is 2.18. The molecule has 0 radical (unpaired) electrons. The van der Waals surface area contributed by atoms with E-state index in [1.54, 1.807) is 4.90 Å². The van der Waals surface area contributed by atoms with Gasteiger partial charge in [-0.1, -0.05) is 18.2 Å². The zero-order chi connectivity index (χ0) is 14.2. The first kappa shape index (κ1) is 13.1. The van der Waals surface area contributed by atoms with Gasteiger partial charge < -0.3 is 14.9 Å². The van der Waals surface area contributed by atoms with Gasteiger partial charge in [-0.2, -0.15) is 0 Å². The normalized spacial score (nSPS) is 25.8. The predicted molar refractivity (Wildman–Crippen MR) is 74.1 cm³/mol. The number of likely N-dealkylation sites (tertiary alicyclic amines) is 1. The zero-order valence-corrected chi connectivity index (χ0v) is 11.3. The summed E-state index contributed by atoms with van der Waals surface area (Å²) in [6, 6.07) is 9.63. The molecule has 0 bridgehead atoms. The van der Waals surface area contributed by atoms with Gasteiger partial charge in [0.05, 0.1) is 0 Å². The Balaban J connectivity index is 1.76. The number of hydrogen-bond acceptors (Lipinski definition) is 3. The summed E-state index contributed by atoms with van der Waals surface area (Å²) in [6.07, 6.45) is 1.31. The number of aliphatic hydroxyl groups excluding tert-OH is 1. The van der Waals surface area contributed by atoms with E-state index in [2.05, 4.69) is 0 Å². The monoisotopic (exact) mass is 274 g/mol. The first-order chi connectivity index (χ1) is 9.63. The van der Waals surface area contributed by atoms with Crippen molar-refractivity contribution in [2.75, 3.05) is 31.1 Å². The van der Waals surface area contributed by atoms with Gasteiger partial charge in [-0.05, 0) is 18.6 Å². The maximum absolute atomic E-state index is 12.3. The van der Waals surface area contributed by atoms with E-state index in [0.29, 0.717) is 26.1 Å². The fraction of sp³-hybridized carbons (Fsp3) is 0.467. The van der Waals surface area contributed by atoms with E-state index in [0.717, 1.165) is 12.1 Å². The summed E-state index contributed by atoms with van der Waals surface area (Å²) < 4.78 is 0. The zero-order valence-electron chi connectivity index (χ0n) is 11.3. The molecule has 2 amide bonds. The van der Waals surface area contributed by atoms with Crippen molar-refractivity contribution in [3.8, 4) is 0 Å². The Kier molecular flexibility index (Phi) is 3.22. The number of benzene rings is 1. The molecule has 0 saturated carbocycles. The minimum atomic E-state index is -0.452. The minimum absolute atomic E-state index is 0.120. The van der Waals surface area contributed by atoms with Crippen LogP contribution in [0, 0.1) is 5.41 Å². The summed E-state index contributed by atoms with van der Waals surface area (Å²) in [5, 5.41) is 8.94. The Morgan fingerprint density at radius 2 is 2.00 bits per heavy atom. The number of carbonyl (C=O) groups is 2. The average molecular weight is 274 g/mol. The Bertz CT molecular complexity index is 531. The lowest BCUT2D eigenvalue weighted by molar-refractivity contribution is -0.133. The van der Waals surface area contributed by atoms with Crippen LogP contribution in [0.3, 0.4) is 0 Å². The van der Waals surface area contributed by atoms with Crippen molar-refractivity contribution in [2.45, 2.75) is 12.8 Å². The first-order valence-corrected chi connectivity index (χ1v) is 6.88. The van der Waals surface area contributed by atoms with Gasteiger partial charge in [0.2, 0.25) is 11.8 Å². The molecule has 5 heteroatoms. The van der Waals surface area contributed by atoms with Crippen molar-refractivity contribution in [3.05, 3.63) is 30.3 Å². The van der Waals surface area contributed by atoms with E-state index in [4.69, 9.17) is 5.11 Å². The quantitative estimate of drug-likeness (QED) is 0.860. The smallest absolute Gasteiger partial charge is 0.248 e. The highest BCUT2D eigenvalue weighted by Crippen LogP contribution is 2.41. The summed E-state index contributed by atoms with van der Waals surface area (Å²) in [5.41, 5.74) is 0.777. The van der Waals surface area contributed by atoms with Crippen LogP contribution >= 0.6 is 0 Å². The van der Waals surface area contributed by atoms with Gasteiger partial charge >= 0.3 is 0 Å². The fourth-order valence-electron chi connectivity index (χ4n) is 3.26. The molecule has 1 spiro atoms. The molecule has 2 aliphatic heterocycles. The maximum Gasteiger partial charge on any atom is 0.248 e. The first-order valence-electron chi connectivity index (χ1n) is 6.88. The van der Waals surface area contributed by atoms with Crippen LogP contribution in [0.4, 0.5) is 5.69 Å². The molecule has 1 N–H and O–H groups in total. The number of para-hydroxylation sites is 1. The largest absolute Gasteiger partial charge is 0.387 e. The van der Waals surface area contributed by atoms with Crippen molar-refractivity contribution < 1.29 is 14.7 Å². The standard InChI is InChI=1S/C15H18N2O3/c18-9-14(20)16-7-6-15(10-16)8-13(19)17(11-15)12-4-2-1-3-5-12/h1-5,18H,6-11H2/t15-/m1/s1. The van der Waals surface area contributed by atoms with Crippen LogP contribution in [-0.4, -0.2) is 48.1 Å². The summed E-state index contributed by atoms with van der Waals surface area (Å²) in [6.45, 7) is 1.41. The van der Waals surface area contributed by atoms with Gasteiger partial charge in [0.15, 0.2) is 0 Å². The molecule has 5 nitrogen and oxygen atoms in total. The molecule has 3 rings (SSSR count). The molecule has 2 heterocycles. The average Bonchev–Trinajstić information content (AvgIpc) is 3.03. The molecule has 0 aromatic heterocycles. The molecule has 1 aromatic carbocycles. The lowest BCUT2D eigenvalue weighted by Gasteiger charge is -2.24. The van der Waals surface area contributed by atoms with E-state index >= 15 is 0 Å². The number of anilines is 1. The summed E-state index contributed by atoms with van der Waals surface area (Å²) in [4.78, 5) is 27.3. The second kappa shape index (κ2) is 4.90. The molecular formula is C15H18N2O3. The molecule has 1 aromatic rings. The van der Waals surface area contributed by atoms with E-state index in [-0.39, 0.29) is 17.2 Å². The molecule has 106 valence electrons. The SMILES string of the molecule is O=C(CO)N1CC[C@@]2(CC(=O)N(c3ccccc3)C2)C1. The Morgan fingerprint density at radius 3 is 2.70 bits per heavy atom. The van der Waals surface area contributed by atoms with Crippen molar-refractivity contribution in [2.24, 2.45) is 5.41 Å². The highest BCUT2D eigenvalue weighted by atomic mass is 16.3. The Hall–Kier alpha value is -1.88. The number of rotatable bonds is 2. The molecule has 1 atom stereocenters. The molecule has 2 saturated heterocycles. The number of nitrogens with zero attached hydrogens (tertiary/aromatic N) is 2. The van der Waals surface area contributed by atoms with Crippen molar-refractivity contribution in [1.29, 1.82) is 0 Å². The highest BCUT2D eigenvalue weighted by Gasteiger charge is 2.48. The van der Waals surface area contributed by atoms with Crippen LogP contribution in [0.1, 0.15) is 12.8 Å². The van der Waals surface area contributed by atoms with Crippen LogP contribution in [0.25, 0.3) is 0 Å². The highest BCUT2D eigenvalue weighted by molar-refractivity contribution is 5.96. The summed E-state index contributed by atoms with van der Waals surface area (Å²) >= 11 is 0. The second-order valence-electron chi connectivity index (χ2n) is 5.72. The van der Waals surface area contributed by atoms with Gasteiger partial charge in [-0.25, -0.2) is 0 Å². The fourth-order valence-corrected chi connectivity index (χ4v) is 3.26. The Labute approximate surface area is 117 Å². The third-order valence-corrected chi connectivity index (χ3v) is 4.31. The lowest BCUT2D eigenvalue weighted by atomic mass is 9.86. The van der Waals surface area contributed by atoms with Crippen molar-refractivity contribution in [3.63, 3.8) is 0 Å². The topological polar surface area (TPSA) is 60.9 Å². The van der Waals surface area contributed by atoms with E-state index < -0.39 is 6.61 Å². The molecule has 2 fully saturated rings. The van der Waals surface area contributed by atoms with Crippen LogP contribution in [0.5, 0.6) is 0 Å². The predicted octanol–water partition coefficient (Wildman–Crippen LogP) is 0.634. The molecule has 0 aliphatic carbocycles. The van der Waals surface area contributed by atoms with Gasteiger partial charge in [0.25, 0.3) is 0 Å². The minimum Gasteiger partial charge on any atom is -0.387 e. The van der Waals surface area contributed by atoms with E-state index in [9.17, 15) is 9.59 Å². The number of hydrogen-bond donors (Lipinski definition) is 1.